The Hall–Kier alpha value is -5.31. The SMILES string of the molecule is Cc1ccc(-c2cn(-c3ccc(C)cc3)c(NC(=O)CN(Cc3ccco3)C(=O)c3ccc4c(c3)OCO4)n2)cc1. The van der Waals surface area contributed by atoms with Crippen LogP contribution in [0, 0.1) is 13.8 Å². The molecule has 0 radical (unpaired) electrons. The van der Waals surface area contributed by atoms with Gasteiger partial charge in [-0.05, 0) is 56.3 Å². The first kappa shape index (κ1) is 25.9. The van der Waals surface area contributed by atoms with Gasteiger partial charge in [-0.1, -0.05) is 47.5 Å². The van der Waals surface area contributed by atoms with Gasteiger partial charge in [-0.3, -0.25) is 19.5 Å². The molecule has 9 heteroatoms. The zero-order valence-electron chi connectivity index (χ0n) is 22.7. The van der Waals surface area contributed by atoms with Crippen molar-refractivity contribution in [3.05, 3.63) is 114 Å². The van der Waals surface area contributed by atoms with Gasteiger partial charge < -0.3 is 18.8 Å². The van der Waals surface area contributed by atoms with Crippen LogP contribution in [-0.4, -0.2) is 39.6 Å². The molecule has 0 spiro atoms. The third-order valence-electron chi connectivity index (χ3n) is 6.78. The Balaban J connectivity index is 1.28. The lowest BCUT2D eigenvalue weighted by molar-refractivity contribution is -0.117. The maximum Gasteiger partial charge on any atom is 0.254 e. The molecule has 0 atom stereocenters. The molecule has 0 unspecified atom stereocenters. The molecule has 3 aromatic carbocycles. The van der Waals surface area contributed by atoms with Gasteiger partial charge >= 0.3 is 0 Å². The van der Waals surface area contributed by atoms with Crippen LogP contribution < -0.4 is 14.8 Å². The Bertz CT molecular complexity index is 1690. The summed E-state index contributed by atoms with van der Waals surface area (Å²) in [6.07, 6.45) is 3.42. The van der Waals surface area contributed by atoms with Crippen LogP contribution in [0.3, 0.4) is 0 Å². The fourth-order valence-electron chi connectivity index (χ4n) is 4.57. The van der Waals surface area contributed by atoms with E-state index in [1.807, 2.05) is 73.1 Å². The third kappa shape index (κ3) is 5.69. The summed E-state index contributed by atoms with van der Waals surface area (Å²) in [5.74, 6) is 1.21. The minimum absolute atomic E-state index is 0.101. The molecular formula is C32H28N4O5. The van der Waals surface area contributed by atoms with Gasteiger partial charge in [0.1, 0.15) is 12.3 Å². The lowest BCUT2D eigenvalue weighted by Crippen LogP contribution is -2.37. The summed E-state index contributed by atoms with van der Waals surface area (Å²) in [5.41, 5.74) is 5.12. The van der Waals surface area contributed by atoms with Crippen LogP contribution in [0.1, 0.15) is 27.2 Å². The van der Waals surface area contributed by atoms with Crippen molar-refractivity contribution in [2.45, 2.75) is 20.4 Å². The molecule has 0 saturated heterocycles. The lowest BCUT2D eigenvalue weighted by Gasteiger charge is -2.21. The van der Waals surface area contributed by atoms with Crippen molar-refractivity contribution in [2.75, 3.05) is 18.7 Å². The molecule has 0 saturated carbocycles. The van der Waals surface area contributed by atoms with Crippen molar-refractivity contribution >= 4 is 17.8 Å². The summed E-state index contributed by atoms with van der Waals surface area (Å²) in [4.78, 5) is 33.2. The predicted octanol–water partition coefficient (Wildman–Crippen LogP) is 5.76. The van der Waals surface area contributed by atoms with E-state index in [9.17, 15) is 9.59 Å². The number of ether oxygens (including phenoxy) is 2. The van der Waals surface area contributed by atoms with Crippen molar-refractivity contribution in [1.29, 1.82) is 0 Å². The van der Waals surface area contributed by atoms with Crippen molar-refractivity contribution in [2.24, 2.45) is 0 Å². The number of carbonyl (C=O) groups is 2. The zero-order chi connectivity index (χ0) is 28.3. The molecule has 2 amide bonds. The van der Waals surface area contributed by atoms with Crippen molar-refractivity contribution in [1.82, 2.24) is 14.5 Å². The van der Waals surface area contributed by atoms with Gasteiger partial charge in [0.05, 0.1) is 18.5 Å². The summed E-state index contributed by atoms with van der Waals surface area (Å²) >= 11 is 0. The fourth-order valence-corrected chi connectivity index (χ4v) is 4.57. The Labute approximate surface area is 237 Å². The second-order valence-electron chi connectivity index (χ2n) is 9.88. The second-order valence-corrected chi connectivity index (χ2v) is 9.88. The summed E-state index contributed by atoms with van der Waals surface area (Å²) in [6.45, 7) is 4.02. The Morgan fingerprint density at radius 1 is 0.927 bits per heavy atom. The smallest absolute Gasteiger partial charge is 0.254 e. The number of furan rings is 1. The van der Waals surface area contributed by atoms with Gasteiger partial charge in [0, 0.05) is 23.0 Å². The average molecular weight is 549 g/mol. The molecule has 3 heterocycles. The molecule has 1 N–H and O–H groups in total. The molecule has 41 heavy (non-hydrogen) atoms. The van der Waals surface area contributed by atoms with Crippen LogP contribution in [0.2, 0.25) is 0 Å². The molecule has 0 bridgehead atoms. The summed E-state index contributed by atoms with van der Waals surface area (Å²) in [5, 5.41) is 2.93. The predicted molar refractivity (Wildman–Crippen MR) is 153 cm³/mol. The number of hydrogen-bond acceptors (Lipinski definition) is 6. The summed E-state index contributed by atoms with van der Waals surface area (Å²) in [7, 11) is 0. The van der Waals surface area contributed by atoms with Crippen LogP contribution in [0.25, 0.3) is 16.9 Å². The van der Waals surface area contributed by atoms with E-state index in [-0.39, 0.29) is 25.8 Å². The van der Waals surface area contributed by atoms with Crippen LogP contribution in [0.5, 0.6) is 11.5 Å². The highest BCUT2D eigenvalue weighted by atomic mass is 16.7. The Kier molecular flexibility index (Phi) is 6.99. The third-order valence-corrected chi connectivity index (χ3v) is 6.78. The number of nitrogens with zero attached hydrogens (tertiary/aromatic N) is 3. The number of rotatable bonds is 8. The first-order chi connectivity index (χ1) is 19.9. The molecule has 6 rings (SSSR count). The van der Waals surface area contributed by atoms with Gasteiger partial charge in [0.25, 0.3) is 5.91 Å². The minimum Gasteiger partial charge on any atom is -0.467 e. The van der Waals surface area contributed by atoms with E-state index in [0.717, 1.165) is 22.4 Å². The van der Waals surface area contributed by atoms with Gasteiger partial charge in [-0.15, -0.1) is 0 Å². The number of anilines is 1. The molecule has 1 aliphatic rings. The van der Waals surface area contributed by atoms with E-state index in [1.54, 1.807) is 30.3 Å². The second kappa shape index (κ2) is 11.1. The highest BCUT2D eigenvalue weighted by molar-refractivity contribution is 5.99. The normalized spacial score (nSPS) is 11.9. The maximum absolute atomic E-state index is 13.6. The topological polar surface area (TPSA) is 98.8 Å². The minimum atomic E-state index is -0.403. The number of nitrogens with one attached hydrogen (secondary N) is 1. The van der Waals surface area contributed by atoms with Crippen molar-refractivity contribution < 1.29 is 23.5 Å². The van der Waals surface area contributed by atoms with Crippen LogP contribution in [0.4, 0.5) is 5.95 Å². The van der Waals surface area contributed by atoms with E-state index in [0.29, 0.717) is 34.5 Å². The summed E-state index contributed by atoms with van der Waals surface area (Å²) in [6, 6.07) is 24.4. The zero-order valence-corrected chi connectivity index (χ0v) is 22.7. The molecular weight excluding hydrogens is 520 g/mol. The number of hydrogen-bond donors (Lipinski definition) is 1. The summed E-state index contributed by atoms with van der Waals surface area (Å²) < 4.78 is 18.1. The largest absolute Gasteiger partial charge is 0.467 e. The molecule has 206 valence electrons. The van der Waals surface area contributed by atoms with Gasteiger partial charge in [-0.25, -0.2) is 4.98 Å². The number of fused-ring (bicyclic) bond motifs is 1. The number of amides is 2. The molecule has 2 aromatic heterocycles. The molecule has 0 aliphatic carbocycles. The number of imidazole rings is 1. The molecule has 1 aliphatic heterocycles. The van der Waals surface area contributed by atoms with E-state index >= 15 is 0 Å². The number of aromatic nitrogens is 2. The number of aryl methyl sites for hydroxylation is 2. The highest BCUT2D eigenvalue weighted by Crippen LogP contribution is 2.33. The van der Waals surface area contributed by atoms with Gasteiger partial charge in [0.2, 0.25) is 18.6 Å². The van der Waals surface area contributed by atoms with Crippen molar-refractivity contribution in [3.63, 3.8) is 0 Å². The van der Waals surface area contributed by atoms with Crippen LogP contribution >= 0.6 is 0 Å². The maximum atomic E-state index is 13.6. The van der Waals surface area contributed by atoms with E-state index in [1.165, 1.54) is 11.2 Å². The first-order valence-corrected chi connectivity index (χ1v) is 13.2. The number of benzene rings is 3. The van der Waals surface area contributed by atoms with E-state index in [2.05, 4.69) is 5.32 Å². The molecule has 9 nitrogen and oxygen atoms in total. The first-order valence-electron chi connectivity index (χ1n) is 13.2. The molecule has 0 fully saturated rings. The van der Waals surface area contributed by atoms with Crippen molar-refractivity contribution in [3.8, 4) is 28.4 Å². The van der Waals surface area contributed by atoms with Gasteiger partial charge in [0.15, 0.2) is 11.5 Å². The van der Waals surface area contributed by atoms with E-state index in [4.69, 9.17) is 18.9 Å². The van der Waals surface area contributed by atoms with Gasteiger partial charge in [-0.2, -0.15) is 0 Å². The highest BCUT2D eigenvalue weighted by Gasteiger charge is 2.24. The lowest BCUT2D eigenvalue weighted by atomic mass is 10.1. The average Bonchev–Trinajstić information content (AvgIpc) is 3.74. The standard InChI is InChI=1S/C32H28N4O5/c1-21-5-9-23(10-6-21)27-18-36(25-12-7-22(2)8-13-25)32(33-27)34-30(37)19-35(17-26-4-3-15-39-26)31(38)24-11-14-28-29(16-24)41-20-40-28/h3-16,18H,17,19-20H2,1-2H3,(H,33,34,37). The Morgan fingerprint density at radius 2 is 1.66 bits per heavy atom. The monoisotopic (exact) mass is 548 g/mol. The van der Waals surface area contributed by atoms with Crippen LogP contribution in [-0.2, 0) is 11.3 Å². The fraction of sp³-hybridized carbons (Fsp3) is 0.156. The van der Waals surface area contributed by atoms with E-state index < -0.39 is 5.91 Å². The quantitative estimate of drug-likeness (QED) is 0.265. The Morgan fingerprint density at radius 3 is 2.39 bits per heavy atom. The molecule has 5 aromatic rings. The number of carbonyl (C=O) groups excluding carboxylic acids is 2. The van der Waals surface area contributed by atoms with Crippen LogP contribution in [0.15, 0.2) is 95.7 Å².